The van der Waals surface area contributed by atoms with Gasteiger partial charge in [0.1, 0.15) is 0 Å². The summed E-state index contributed by atoms with van der Waals surface area (Å²) in [7, 11) is 1.89. The van der Waals surface area contributed by atoms with Gasteiger partial charge in [-0.3, -0.25) is 14.4 Å². The Morgan fingerprint density at radius 3 is 2.42 bits per heavy atom. The van der Waals surface area contributed by atoms with Gasteiger partial charge >= 0.3 is 0 Å². The van der Waals surface area contributed by atoms with Gasteiger partial charge in [0.15, 0.2) is 0 Å². The van der Waals surface area contributed by atoms with Crippen molar-refractivity contribution in [3.05, 3.63) is 0 Å². The monoisotopic (exact) mass is 335 g/mol. The Morgan fingerprint density at radius 1 is 1.08 bits per heavy atom. The highest BCUT2D eigenvalue weighted by molar-refractivity contribution is 5.81. The zero-order valence-corrected chi connectivity index (χ0v) is 14.9. The SMILES string of the molecule is CC(=O)N1CCC[C@@H](C(=O)N2CCC3(CCC(=O)N(C)C3)CC2)C1. The molecule has 0 aromatic rings. The quantitative estimate of drug-likeness (QED) is 0.721. The van der Waals surface area contributed by atoms with Gasteiger partial charge < -0.3 is 14.7 Å². The lowest BCUT2D eigenvalue weighted by Crippen LogP contribution is -2.53. The van der Waals surface area contributed by atoms with Crippen molar-refractivity contribution in [3.63, 3.8) is 0 Å². The summed E-state index contributed by atoms with van der Waals surface area (Å²) in [6.45, 7) is 5.35. The molecular formula is C18H29N3O3. The van der Waals surface area contributed by atoms with E-state index >= 15 is 0 Å². The summed E-state index contributed by atoms with van der Waals surface area (Å²) in [4.78, 5) is 41.8. The Kier molecular flexibility index (Phi) is 4.83. The molecule has 3 amide bonds. The first-order chi connectivity index (χ1) is 11.4. The summed E-state index contributed by atoms with van der Waals surface area (Å²) in [5, 5.41) is 0. The molecule has 0 aromatic carbocycles. The Labute approximate surface area is 144 Å². The van der Waals surface area contributed by atoms with E-state index in [1.165, 1.54) is 0 Å². The average molecular weight is 335 g/mol. The minimum Gasteiger partial charge on any atom is -0.345 e. The molecule has 0 radical (unpaired) electrons. The first-order valence-electron chi connectivity index (χ1n) is 9.18. The molecule has 3 aliphatic rings. The Balaban J connectivity index is 1.55. The molecule has 6 nitrogen and oxygen atoms in total. The maximum Gasteiger partial charge on any atom is 0.227 e. The van der Waals surface area contributed by atoms with E-state index in [9.17, 15) is 14.4 Å². The molecule has 24 heavy (non-hydrogen) atoms. The van der Waals surface area contributed by atoms with Gasteiger partial charge in [0.05, 0.1) is 5.92 Å². The third kappa shape index (κ3) is 3.42. The van der Waals surface area contributed by atoms with E-state index in [-0.39, 0.29) is 29.1 Å². The van der Waals surface area contributed by atoms with Gasteiger partial charge in [-0.05, 0) is 37.5 Å². The highest BCUT2D eigenvalue weighted by Crippen LogP contribution is 2.40. The highest BCUT2D eigenvalue weighted by Gasteiger charge is 2.41. The molecule has 0 aromatic heterocycles. The van der Waals surface area contributed by atoms with Crippen molar-refractivity contribution in [3.8, 4) is 0 Å². The number of piperidine rings is 3. The van der Waals surface area contributed by atoms with Gasteiger partial charge in [0, 0.05) is 53.1 Å². The second kappa shape index (κ2) is 6.73. The van der Waals surface area contributed by atoms with Crippen molar-refractivity contribution < 1.29 is 14.4 Å². The predicted molar refractivity (Wildman–Crippen MR) is 90.1 cm³/mol. The largest absolute Gasteiger partial charge is 0.345 e. The van der Waals surface area contributed by atoms with Crippen LogP contribution in [-0.4, -0.2) is 72.2 Å². The second-order valence-electron chi connectivity index (χ2n) is 7.88. The topological polar surface area (TPSA) is 60.9 Å². The second-order valence-corrected chi connectivity index (χ2v) is 7.88. The summed E-state index contributed by atoms with van der Waals surface area (Å²) in [6, 6.07) is 0. The maximum atomic E-state index is 12.8. The summed E-state index contributed by atoms with van der Waals surface area (Å²) >= 11 is 0. The van der Waals surface area contributed by atoms with E-state index < -0.39 is 0 Å². The molecular weight excluding hydrogens is 306 g/mol. The van der Waals surface area contributed by atoms with Crippen LogP contribution >= 0.6 is 0 Å². The van der Waals surface area contributed by atoms with Crippen molar-refractivity contribution in [1.29, 1.82) is 0 Å². The van der Waals surface area contributed by atoms with Crippen molar-refractivity contribution in [2.45, 2.75) is 45.4 Å². The minimum atomic E-state index is -0.0349. The van der Waals surface area contributed by atoms with Crippen LogP contribution in [0.3, 0.4) is 0 Å². The fourth-order valence-electron chi connectivity index (χ4n) is 4.57. The van der Waals surface area contributed by atoms with E-state index in [0.717, 1.165) is 58.3 Å². The lowest BCUT2D eigenvalue weighted by molar-refractivity contribution is -0.145. The van der Waals surface area contributed by atoms with Crippen LogP contribution in [0.5, 0.6) is 0 Å². The first-order valence-corrected chi connectivity index (χ1v) is 9.18. The third-order valence-corrected chi connectivity index (χ3v) is 6.22. The molecule has 3 saturated heterocycles. The number of hydrogen-bond acceptors (Lipinski definition) is 3. The van der Waals surface area contributed by atoms with Crippen molar-refractivity contribution in [2.24, 2.45) is 11.3 Å². The molecule has 3 rings (SSSR count). The van der Waals surface area contributed by atoms with Gasteiger partial charge in [-0.2, -0.15) is 0 Å². The summed E-state index contributed by atoms with van der Waals surface area (Å²) in [6.07, 6.45) is 5.38. The van der Waals surface area contributed by atoms with Crippen LogP contribution in [0, 0.1) is 11.3 Å². The molecule has 1 spiro atoms. The normalized spacial score (nSPS) is 27.5. The smallest absolute Gasteiger partial charge is 0.227 e. The minimum absolute atomic E-state index is 0.0349. The van der Waals surface area contributed by atoms with E-state index in [1.807, 2.05) is 16.8 Å². The molecule has 3 heterocycles. The van der Waals surface area contributed by atoms with Crippen LogP contribution in [0.4, 0.5) is 0 Å². The lowest BCUT2D eigenvalue weighted by Gasteiger charge is -2.47. The van der Waals surface area contributed by atoms with Gasteiger partial charge in [-0.15, -0.1) is 0 Å². The number of likely N-dealkylation sites (tertiary alicyclic amines) is 3. The predicted octanol–water partition coefficient (Wildman–Crippen LogP) is 1.11. The number of nitrogens with zero attached hydrogens (tertiary/aromatic N) is 3. The number of rotatable bonds is 1. The third-order valence-electron chi connectivity index (χ3n) is 6.22. The lowest BCUT2D eigenvalue weighted by atomic mass is 9.72. The van der Waals surface area contributed by atoms with Crippen molar-refractivity contribution in [2.75, 3.05) is 39.8 Å². The Bertz CT molecular complexity index is 526. The van der Waals surface area contributed by atoms with Crippen LogP contribution in [0.1, 0.15) is 45.4 Å². The van der Waals surface area contributed by atoms with Crippen LogP contribution in [-0.2, 0) is 14.4 Å². The standard InChI is InChI=1S/C18H29N3O3/c1-14(22)21-9-3-4-15(12-21)17(24)20-10-7-18(8-11-20)6-5-16(23)19(2)13-18/h15H,3-13H2,1-2H3/t15-/m1/s1. The fourth-order valence-corrected chi connectivity index (χ4v) is 4.57. The van der Waals surface area contributed by atoms with Gasteiger partial charge in [-0.1, -0.05) is 0 Å². The van der Waals surface area contributed by atoms with Gasteiger partial charge in [0.25, 0.3) is 0 Å². The number of hydrogen-bond donors (Lipinski definition) is 0. The van der Waals surface area contributed by atoms with E-state index in [4.69, 9.17) is 0 Å². The highest BCUT2D eigenvalue weighted by atomic mass is 16.2. The maximum absolute atomic E-state index is 12.8. The van der Waals surface area contributed by atoms with Gasteiger partial charge in [-0.25, -0.2) is 0 Å². The Morgan fingerprint density at radius 2 is 1.79 bits per heavy atom. The molecule has 0 saturated carbocycles. The molecule has 0 N–H and O–H groups in total. The van der Waals surface area contributed by atoms with Crippen LogP contribution in [0.25, 0.3) is 0 Å². The summed E-state index contributed by atoms with van der Waals surface area (Å²) < 4.78 is 0. The molecule has 3 fully saturated rings. The fraction of sp³-hybridized carbons (Fsp3) is 0.833. The molecule has 6 heteroatoms. The molecule has 0 unspecified atom stereocenters. The number of amides is 3. The summed E-state index contributed by atoms with van der Waals surface area (Å²) in [5.74, 6) is 0.494. The first kappa shape index (κ1) is 17.2. The number of carbonyl (C=O) groups excluding carboxylic acids is 3. The number of carbonyl (C=O) groups is 3. The van der Waals surface area contributed by atoms with Crippen LogP contribution in [0.15, 0.2) is 0 Å². The van der Waals surface area contributed by atoms with Gasteiger partial charge in [0.2, 0.25) is 17.7 Å². The van der Waals surface area contributed by atoms with E-state index in [0.29, 0.717) is 13.0 Å². The molecule has 0 bridgehead atoms. The zero-order chi connectivity index (χ0) is 17.3. The Hall–Kier alpha value is -1.59. The molecule has 0 aliphatic carbocycles. The average Bonchev–Trinajstić information content (AvgIpc) is 2.59. The van der Waals surface area contributed by atoms with E-state index in [2.05, 4.69) is 0 Å². The van der Waals surface area contributed by atoms with Crippen molar-refractivity contribution in [1.82, 2.24) is 14.7 Å². The van der Waals surface area contributed by atoms with E-state index in [1.54, 1.807) is 11.8 Å². The zero-order valence-electron chi connectivity index (χ0n) is 14.9. The van der Waals surface area contributed by atoms with Crippen molar-refractivity contribution >= 4 is 17.7 Å². The molecule has 1 atom stereocenters. The molecule has 3 aliphatic heterocycles. The molecule has 134 valence electrons. The summed E-state index contributed by atoms with van der Waals surface area (Å²) in [5.41, 5.74) is 0.206. The van der Waals surface area contributed by atoms with Crippen LogP contribution in [0.2, 0.25) is 0 Å². The van der Waals surface area contributed by atoms with Crippen LogP contribution < -0.4 is 0 Å².